The number of nitrogens with zero attached hydrogens (tertiary/aromatic N) is 2. The van der Waals surface area contributed by atoms with E-state index in [4.69, 9.17) is 11.5 Å². The van der Waals surface area contributed by atoms with Crippen LogP contribution < -0.4 is 11.5 Å². The Kier molecular flexibility index (Phi) is 3.73. The number of rotatable bonds is 2. The third kappa shape index (κ3) is 2.61. The standard InChI is InChI=1S/C9H18N4O/c1-2-12-9(11)13-5-3-4-7(6-13)8(10)14/h7H,2-6H2,1H3,(H2,10,14)(H2,11,12). The number of amides is 1. The summed E-state index contributed by atoms with van der Waals surface area (Å²) in [5.74, 6) is 0.215. The number of nitrogens with two attached hydrogens (primary N) is 2. The van der Waals surface area contributed by atoms with Gasteiger partial charge in [0.2, 0.25) is 5.91 Å². The molecule has 1 amide bonds. The highest BCUT2D eigenvalue weighted by atomic mass is 16.1. The fraction of sp³-hybridized carbons (Fsp3) is 0.778. The van der Waals surface area contributed by atoms with Crippen molar-refractivity contribution >= 4 is 11.9 Å². The van der Waals surface area contributed by atoms with Gasteiger partial charge in [-0.05, 0) is 19.8 Å². The quantitative estimate of drug-likeness (QED) is 0.464. The average Bonchev–Trinajstić information content (AvgIpc) is 2.18. The predicted octanol–water partition coefficient (Wildman–Crippen LogP) is -0.482. The van der Waals surface area contributed by atoms with Gasteiger partial charge in [-0.25, -0.2) is 0 Å². The second-order valence-electron chi connectivity index (χ2n) is 3.52. The van der Waals surface area contributed by atoms with Crippen LogP contribution in [0.1, 0.15) is 19.8 Å². The molecule has 0 saturated carbocycles. The van der Waals surface area contributed by atoms with Gasteiger partial charge in [-0.1, -0.05) is 0 Å². The first kappa shape index (κ1) is 10.8. The SMILES string of the molecule is CCN=C(N)N1CCCC(C(N)=O)C1. The van der Waals surface area contributed by atoms with Crippen LogP contribution >= 0.6 is 0 Å². The molecule has 4 N–H and O–H groups in total. The predicted molar refractivity (Wildman–Crippen MR) is 55.7 cm³/mol. The molecule has 0 spiro atoms. The molecule has 5 heteroatoms. The molecule has 1 unspecified atom stereocenters. The molecule has 1 rings (SSSR count). The molecule has 0 aliphatic carbocycles. The third-order valence-corrected chi connectivity index (χ3v) is 2.47. The Morgan fingerprint density at radius 3 is 2.86 bits per heavy atom. The van der Waals surface area contributed by atoms with Crippen molar-refractivity contribution in [2.24, 2.45) is 22.4 Å². The first-order valence-electron chi connectivity index (χ1n) is 4.99. The molecule has 1 fully saturated rings. The summed E-state index contributed by atoms with van der Waals surface area (Å²) in [7, 11) is 0. The third-order valence-electron chi connectivity index (χ3n) is 2.47. The van der Waals surface area contributed by atoms with Gasteiger partial charge >= 0.3 is 0 Å². The highest BCUT2D eigenvalue weighted by molar-refractivity contribution is 5.81. The van der Waals surface area contributed by atoms with Gasteiger partial charge in [-0.3, -0.25) is 9.79 Å². The van der Waals surface area contributed by atoms with Gasteiger partial charge in [0.25, 0.3) is 0 Å². The van der Waals surface area contributed by atoms with Crippen molar-refractivity contribution in [1.82, 2.24) is 4.90 Å². The van der Waals surface area contributed by atoms with Crippen LogP contribution in [0.5, 0.6) is 0 Å². The number of hydrogen-bond acceptors (Lipinski definition) is 2. The summed E-state index contributed by atoms with van der Waals surface area (Å²) in [6, 6.07) is 0. The lowest BCUT2D eigenvalue weighted by Crippen LogP contribution is -2.47. The molecule has 1 aliphatic heterocycles. The van der Waals surface area contributed by atoms with E-state index in [2.05, 4.69) is 4.99 Å². The lowest BCUT2D eigenvalue weighted by atomic mass is 9.98. The Bertz CT molecular complexity index is 239. The first-order valence-corrected chi connectivity index (χ1v) is 4.99. The molecule has 80 valence electrons. The second-order valence-corrected chi connectivity index (χ2v) is 3.52. The van der Waals surface area contributed by atoms with Crippen LogP contribution in [0.2, 0.25) is 0 Å². The maximum Gasteiger partial charge on any atom is 0.222 e. The zero-order valence-electron chi connectivity index (χ0n) is 8.57. The summed E-state index contributed by atoms with van der Waals surface area (Å²) in [5, 5.41) is 0. The summed E-state index contributed by atoms with van der Waals surface area (Å²) in [5.41, 5.74) is 11.0. The van der Waals surface area contributed by atoms with Crippen molar-refractivity contribution in [3.05, 3.63) is 0 Å². The zero-order valence-corrected chi connectivity index (χ0v) is 8.57. The second kappa shape index (κ2) is 4.83. The van der Waals surface area contributed by atoms with Gasteiger partial charge in [-0.15, -0.1) is 0 Å². The molecule has 1 aliphatic rings. The zero-order chi connectivity index (χ0) is 10.6. The van der Waals surface area contributed by atoms with Crippen molar-refractivity contribution < 1.29 is 4.79 Å². The summed E-state index contributed by atoms with van der Waals surface area (Å²) < 4.78 is 0. The van der Waals surface area contributed by atoms with Crippen molar-refractivity contribution in [2.45, 2.75) is 19.8 Å². The van der Waals surface area contributed by atoms with Gasteiger partial charge in [0.05, 0.1) is 5.92 Å². The molecule has 0 aromatic rings. The van der Waals surface area contributed by atoms with Crippen LogP contribution in [-0.4, -0.2) is 36.4 Å². The average molecular weight is 198 g/mol. The Hall–Kier alpha value is -1.26. The van der Waals surface area contributed by atoms with Gasteiger partial charge in [-0.2, -0.15) is 0 Å². The molecule has 1 saturated heterocycles. The highest BCUT2D eigenvalue weighted by Crippen LogP contribution is 2.15. The lowest BCUT2D eigenvalue weighted by Gasteiger charge is -2.31. The van der Waals surface area contributed by atoms with Gasteiger partial charge in [0.1, 0.15) is 0 Å². The molecular weight excluding hydrogens is 180 g/mol. The van der Waals surface area contributed by atoms with Crippen molar-refractivity contribution in [3.63, 3.8) is 0 Å². The van der Waals surface area contributed by atoms with E-state index in [1.165, 1.54) is 0 Å². The molecule has 0 aromatic heterocycles. The monoisotopic (exact) mass is 198 g/mol. The van der Waals surface area contributed by atoms with Crippen LogP contribution in [0.3, 0.4) is 0 Å². The Balaban J connectivity index is 2.55. The molecule has 14 heavy (non-hydrogen) atoms. The van der Waals surface area contributed by atoms with Crippen LogP contribution in [0.4, 0.5) is 0 Å². The van der Waals surface area contributed by atoms with E-state index in [0.717, 1.165) is 19.4 Å². The van der Waals surface area contributed by atoms with E-state index in [0.29, 0.717) is 19.0 Å². The van der Waals surface area contributed by atoms with E-state index >= 15 is 0 Å². The first-order chi connectivity index (χ1) is 6.65. The van der Waals surface area contributed by atoms with E-state index in [1.807, 2.05) is 11.8 Å². The summed E-state index contributed by atoms with van der Waals surface area (Å²) in [6.07, 6.45) is 1.82. The molecular formula is C9H18N4O. The topological polar surface area (TPSA) is 84.7 Å². The highest BCUT2D eigenvalue weighted by Gasteiger charge is 2.24. The maximum absolute atomic E-state index is 11.0. The van der Waals surface area contributed by atoms with E-state index in [1.54, 1.807) is 0 Å². The van der Waals surface area contributed by atoms with Crippen LogP contribution in [0.15, 0.2) is 4.99 Å². The van der Waals surface area contributed by atoms with Crippen molar-refractivity contribution in [2.75, 3.05) is 19.6 Å². The number of hydrogen-bond donors (Lipinski definition) is 2. The normalized spacial score (nSPS) is 23.6. The molecule has 1 atom stereocenters. The van der Waals surface area contributed by atoms with E-state index in [-0.39, 0.29) is 11.8 Å². The minimum Gasteiger partial charge on any atom is -0.370 e. The minimum absolute atomic E-state index is 0.0747. The van der Waals surface area contributed by atoms with Gasteiger partial charge in [0.15, 0.2) is 5.96 Å². The Labute approximate surface area is 84.1 Å². The molecule has 5 nitrogen and oxygen atoms in total. The molecule has 0 bridgehead atoms. The molecule has 1 heterocycles. The number of carbonyl (C=O) groups is 1. The fourth-order valence-electron chi connectivity index (χ4n) is 1.68. The largest absolute Gasteiger partial charge is 0.370 e. The van der Waals surface area contributed by atoms with E-state index in [9.17, 15) is 4.79 Å². The van der Waals surface area contributed by atoms with Crippen molar-refractivity contribution in [1.29, 1.82) is 0 Å². The van der Waals surface area contributed by atoms with Crippen LogP contribution in [-0.2, 0) is 4.79 Å². The van der Waals surface area contributed by atoms with Crippen LogP contribution in [0, 0.1) is 5.92 Å². The van der Waals surface area contributed by atoms with Crippen molar-refractivity contribution in [3.8, 4) is 0 Å². The number of piperidine rings is 1. The van der Waals surface area contributed by atoms with Gasteiger partial charge < -0.3 is 16.4 Å². The Morgan fingerprint density at radius 1 is 1.57 bits per heavy atom. The number of primary amides is 1. The summed E-state index contributed by atoms with van der Waals surface area (Å²) in [6.45, 7) is 4.09. The fourth-order valence-corrected chi connectivity index (χ4v) is 1.68. The van der Waals surface area contributed by atoms with E-state index < -0.39 is 0 Å². The molecule has 0 radical (unpaired) electrons. The number of guanidine groups is 1. The number of aliphatic imine (C=N–C) groups is 1. The number of likely N-dealkylation sites (tertiary alicyclic amines) is 1. The summed E-state index contributed by atoms with van der Waals surface area (Å²) >= 11 is 0. The van der Waals surface area contributed by atoms with Gasteiger partial charge in [0, 0.05) is 19.6 Å². The summed E-state index contributed by atoms with van der Waals surface area (Å²) in [4.78, 5) is 17.0. The maximum atomic E-state index is 11.0. The molecule has 0 aromatic carbocycles. The Morgan fingerprint density at radius 2 is 2.29 bits per heavy atom. The smallest absolute Gasteiger partial charge is 0.222 e. The number of carbonyl (C=O) groups excluding carboxylic acids is 1. The van der Waals surface area contributed by atoms with Crippen LogP contribution in [0.25, 0.3) is 0 Å². The lowest BCUT2D eigenvalue weighted by molar-refractivity contribution is -0.122. The minimum atomic E-state index is -0.237.